The molecule has 0 radical (unpaired) electrons. The lowest BCUT2D eigenvalue weighted by Gasteiger charge is -2.59. The maximum absolute atomic E-state index is 14.5. The molecule has 1 saturated carbocycles. The second kappa shape index (κ2) is 20.1. The summed E-state index contributed by atoms with van der Waals surface area (Å²) in [6, 6.07) is 10.1. The minimum absolute atomic E-state index is 0.0162. The number of hydrogen-bond donors (Lipinski definition) is 3. The van der Waals surface area contributed by atoms with E-state index in [0.717, 1.165) is 42.4 Å². The Morgan fingerprint density at radius 3 is 2.53 bits per heavy atom. The van der Waals surface area contributed by atoms with Crippen molar-refractivity contribution >= 4 is 17.9 Å². The van der Waals surface area contributed by atoms with Crippen LogP contribution in [0.3, 0.4) is 0 Å². The lowest BCUT2D eigenvalue weighted by molar-refractivity contribution is -0.256. The minimum Gasteiger partial charge on any atom is -0.459 e. The van der Waals surface area contributed by atoms with Gasteiger partial charge >= 0.3 is 12.2 Å². The average Bonchev–Trinajstić information content (AvgIpc) is 3.69. The van der Waals surface area contributed by atoms with E-state index in [9.17, 15) is 19.8 Å². The van der Waals surface area contributed by atoms with Gasteiger partial charge < -0.3 is 48.8 Å². The fraction of sp³-hybridized carbons (Fsp3) is 0.523. The molecule has 4 aliphatic rings. The molecule has 0 saturated heterocycles. The Kier molecular flexibility index (Phi) is 14.7. The van der Waals surface area contributed by atoms with Gasteiger partial charge in [-0.1, -0.05) is 42.3 Å². The quantitative estimate of drug-likeness (QED) is 0.0717. The van der Waals surface area contributed by atoms with E-state index in [4.69, 9.17) is 33.3 Å². The molecule has 0 aromatic heterocycles. The van der Waals surface area contributed by atoms with Gasteiger partial charge in [0.1, 0.15) is 24.7 Å². The molecule has 2 aromatic carbocycles. The molecular formula is C44H57N3O11. The number of rotatable bonds is 20. The topological polar surface area (TPSA) is 167 Å². The van der Waals surface area contributed by atoms with Crippen LogP contribution in [0.25, 0.3) is 0 Å². The Morgan fingerprint density at radius 2 is 1.79 bits per heavy atom. The molecule has 2 aliphatic heterocycles. The first-order chi connectivity index (χ1) is 28.3. The molecule has 2 amide bonds. The molecule has 6 rings (SSSR count). The summed E-state index contributed by atoms with van der Waals surface area (Å²) in [6.07, 6.45) is 9.46. The first-order valence-electron chi connectivity index (χ1n) is 20.3. The van der Waals surface area contributed by atoms with E-state index in [1.54, 1.807) is 29.2 Å². The van der Waals surface area contributed by atoms with E-state index in [-0.39, 0.29) is 63.9 Å². The summed E-state index contributed by atoms with van der Waals surface area (Å²) in [7, 11) is 1.50. The molecule has 6 unspecified atom stereocenters. The first-order valence-corrected chi connectivity index (χ1v) is 20.3. The predicted octanol–water partition coefficient (Wildman–Crippen LogP) is 7.00. The largest absolute Gasteiger partial charge is 0.459 e. The van der Waals surface area contributed by atoms with Crippen LogP contribution in [0.5, 0.6) is 23.0 Å². The van der Waals surface area contributed by atoms with Crippen molar-refractivity contribution in [3.63, 3.8) is 0 Å². The fourth-order valence-electron chi connectivity index (χ4n) is 8.96. The highest BCUT2D eigenvalue weighted by molar-refractivity contribution is 6.03. The minimum atomic E-state index is -1.51. The van der Waals surface area contributed by atoms with Crippen molar-refractivity contribution in [2.24, 2.45) is 22.9 Å². The number of ether oxygens (including phenoxy) is 6. The molecule has 0 bridgehead atoms. The second-order valence-electron chi connectivity index (χ2n) is 14.9. The summed E-state index contributed by atoms with van der Waals surface area (Å²) < 4.78 is 37.2. The third kappa shape index (κ3) is 9.14. The number of aliphatic hydroxyl groups is 2. The molecule has 0 spiro atoms. The summed E-state index contributed by atoms with van der Waals surface area (Å²) in [4.78, 5) is 34.4. The van der Waals surface area contributed by atoms with Crippen molar-refractivity contribution in [3.8, 4) is 23.0 Å². The van der Waals surface area contributed by atoms with Crippen molar-refractivity contribution in [3.05, 3.63) is 84.5 Å². The zero-order valence-electron chi connectivity index (χ0n) is 33.6. The van der Waals surface area contributed by atoms with Crippen LogP contribution in [0.2, 0.25) is 0 Å². The third-order valence-corrected chi connectivity index (χ3v) is 11.3. The predicted molar refractivity (Wildman–Crippen MR) is 216 cm³/mol. The molecule has 3 N–H and O–H groups in total. The Bertz CT molecular complexity index is 1830. The van der Waals surface area contributed by atoms with Gasteiger partial charge in [0.15, 0.2) is 11.5 Å². The number of fused-ring (bicyclic) bond motifs is 3. The van der Waals surface area contributed by atoms with E-state index in [1.807, 2.05) is 31.2 Å². The number of hydrogen-bond acceptors (Lipinski definition) is 12. The van der Waals surface area contributed by atoms with E-state index in [1.165, 1.54) is 7.11 Å². The van der Waals surface area contributed by atoms with Crippen LogP contribution in [0.15, 0.2) is 78.5 Å². The maximum Gasteiger partial charge on any atom is 0.412 e. The van der Waals surface area contributed by atoms with Crippen LogP contribution < -0.4 is 24.3 Å². The van der Waals surface area contributed by atoms with Gasteiger partial charge in [-0.05, 0) is 92.3 Å². The van der Waals surface area contributed by atoms with E-state index < -0.39 is 29.9 Å². The van der Waals surface area contributed by atoms with E-state index >= 15 is 0 Å². The number of aliphatic hydroxyl groups excluding tert-OH is 2. The second-order valence-corrected chi connectivity index (χ2v) is 14.9. The number of nitrogens with one attached hydrogen (secondary N) is 1. The van der Waals surface area contributed by atoms with Crippen molar-refractivity contribution in [2.45, 2.75) is 82.6 Å². The highest BCUT2D eigenvalue weighted by atomic mass is 16.7. The molecule has 58 heavy (non-hydrogen) atoms. The average molecular weight is 804 g/mol. The van der Waals surface area contributed by atoms with Crippen LogP contribution in [0, 0.1) is 17.8 Å². The number of carbonyl (C=O) groups excluding carboxylic acids is 2. The fourth-order valence-corrected chi connectivity index (χ4v) is 8.96. The van der Waals surface area contributed by atoms with Crippen LogP contribution >= 0.6 is 0 Å². The normalized spacial score (nSPS) is 24.4. The summed E-state index contributed by atoms with van der Waals surface area (Å²) in [5.74, 6) is -0.291. The van der Waals surface area contributed by atoms with Crippen LogP contribution in [-0.4, -0.2) is 91.7 Å². The molecule has 2 heterocycles. The van der Waals surface area contributed by atoms with Gasteiger partial charge in [0.2, 0.25) is 12.6 Å². The summed E-state index contributed by atoms with van der Waals surface area (Å²) in [5.41, 5.74) is 3.11. The highest BCUT2D eigenvalue weighted by Gasteiger charge is 2.65. The number of unbranched alkanes of at least 4 members (excludes halogenated alkanes) is 2. The molecule has 314 valence electrons. The Labute approximate surface area is 340 Å². The van der Waals surface area contributed by atoms with Gasteiger partial charge in [0, 0.05) is 44.2 Å². The number of allylic oxidation sites excluding steroid dienone is 1. The zero-order chi connectivity index (χ0) is 41.1. The number of carbonyl (C=O) groups is 2. The smallest absolute Gasteiger partial charge is 0.412 e. The molecule has 14 nitrogen and oxygen atoms in total. The highest BCUT2D eigenvalue weighted by Crippen LogP contribution is 2.62. The van der Waals surface area contributed by atoms with Crippen molar-refractivity contribution in [1.82, 2.24) is 10.2 Å². The van der Waals surface area contributed by atoms with Crippen LogP contribution in [0.4, 0.5) is 9.59 Å². The van der Waals surface area contributed by atoms with Gasteiger partial charge in [-0.2, -0.15) is 0 Å². The van der Waals surface area contributed by atoms with Gasteiger partial charge in [-0.3, -0.25) is 4.90 Å². The molecule has 2 aliphatic carbocycles. The zero-order valence-corrected chi connectivity index (χ0v) is 33.6. The Balaban J connectivity index is 1.57. The lowest BCUT2D eigenvalue weighted by atomic mass is 9.55. The summed E-state index contributed by atoms with van der Waals surface area (Å²) in [6.45, 7) is 10.6. The number of oxime groups is 1. The van der Waals surface area contributed by atoms with Gasteiger partial charge in [-0.15, -0.1) is 13.2 Å². The van der Waals surface area contributed by atoms with E-state index in [0.29, 0.717) is 54.5 Å². The molecule has 14 heteroatoms. The first kappa shape index (κ1) is 42.6. The SMILES string of the molecule is C=CCCOC(=O)N(Cc1ccc2c(c1)OCO2)C1CC(=NOC)C2=CC(CCCCO)C(CCCCO)C3c4cc(OC(=O)NCC)ccc4OC1(OCC=C)C23. The number of benzene rings is 2. The van der Waals surface area contributed by atoms with E-state index in [2.05, 4.69) is 29.7 Å². The summed E-state index contributed by atoms with van der Waals surface area (Å²) in [5, 5.41) is 27.0. The van der Waals surface area contributed by atoms with Crippen molar-refractivity contribution in [1.29, 1.82) is 0 Å². The van der Waals surface area contributed by atoms with Gasteiger partial charge in [-0.25, -0.2) is 9.59 Å². The number of amides is 2. The molecule has 2 aromatic rings. The van der Waals surface area contributed by atoms with Crippen LogP contribution in [0.1, 0.15) is 75.3 Å². The molecule has 6 atom stereocenters. The summed E-state index contributed by atoms with van der Waals surface area (Å²) >= 11 is 0. The van der Waals surface area contributed by atoms with Crippen molar-refractivity contribution < 1.29 is 53.1 Å². The van der Waals surface area contributed by atoms with Gasteiger partial charge in [0.05, 0.1) is 24.8 Å². The monoisotopic (exact) mass is 803 g/mol. The standard InChI is InChI=1S/C44H57N3O11/c1-5-8-22-53-43(51)47(27-29-15-17-37-38(23-29)55-28-54-37)39-26-35(46-52-4)33-24-30(13-9-11-19-48)32(14-10-12-20-49)40-34-25-31(57-42(50)45-7-3)16-18-36(34)58-44(39,41(33)40)56-21-6-2/h5-6,15-18,23-25,30,32,39-41,48-49H,1-2,7-14,19-22,26-28H2,3-4H3,(H,45,50). The number of nitrogens with zero attached hydrogens (tertiary/aromatic N) is 2. The molecular weight excluding hydrogens is 746 g/mol. The Morgan fingerprint density at radius 1 is 1.02 bits per heavy atom. The van der Waals surface area contributed by atoms with Crippen LogP contribution in [-0.2, 0) is 20.9 Å². The maximum atomic E-state index is 14.5. The Hall–Kier alpha value is -5.05. The molecule has 1 fully saturated rings. The van der Waals surface area contributed by atoms with Crippen molar-refractivity contribution in [2.75, 3.05) is 46.9 Å². The van der Waals surface area contributed by atoms with Gasteiger partial charge in [0.25, 0.3) is 0 Å². The lowest BCUT2D eigenvalue weighted by Crippen LogP contribution is -2.70. The third-order valence-electron chi connectivity index (χ3n) is 11.3.